The molecular weight excluding hydrogens is 438 g/mol. The van der Waals surface area contributed by atoms with Gasteiger partial charge in [0.05, 0.1) is 10.7 Å². The van der Waals surface area contributed by atoms with Crippen LogP contribution in [0, 0.1) is 13.8 Å². The number of aryl methyl sites for hydroxylation is 2. The number of halogens is 2. The molecule has 0 aliphatic heterocycles. The monoisotopic (exact) mass is 451 g/mol. The van der Waals surface area contributed by atoms with Crippen molar-refractivity contribution in [2.75, 3.05) is 11.9 Å². The number of nitrogens with zero attached hydrogens (tertiary/aromatic N) is 4. The first kappa shape index (κ1) is 19.2. The van der Waals surface area contributed by atoms with Gasteiger partial charge in [-0.2, -0.15) is 4.98 Å². The van der Waals surface area contributed by atoms with Crippen LogP contribution in [0.2, 0.25) is 5.02 Å². The Hall–Kier alpha value is -2.52. The summed E-state index contributed by atoms with van der Waals surface area (Å²) < 4.78 is 7.32. The van der Waals surface area contributed by atoms with Gasteiger partial charge < -0.3 is 10.1 Å². The van der Waals surface area contributed by atoms with Gasteiger partial charge in [-0.25, -0.2) is 9.50 Å². The molecular formula is C17H15BrClN5O3. The predicted octanol–water partition coefficient (Wildman–Crippen LogP) is 2.88. The van der Waals surface area contributed by atoms with E-state index in [2.05, 4.69) is 36.3 Å². The van der Waals surface area contributed by atoms with Crippen LogP contribution in [0.5, 0.6) is 0 Å². The molecule has 0 atom stereocenters. The van der Waals surface area contributed by atoms with E-state index in [1.54, 1.807) is 22.7 Å². The zero-order valence-corrected chi connectivity index (χ0v) is 16.8. The quantitative estimate of drug-likeness (QED) is 0.598. The van der Waals surface area contributed by atoms with Crippen molar-refractivity contribution >= 4 is 50.9 Å². The number of carbonyl (C=O) groups excluding carboxylic acids is 2. The van der Waals surface area contributed by atoms with Crippen LogP contribution in [0.25, 0.3) is 5.78 Å². The van der Waals surface area contributed by atoms with Crippen LogP contribution >= 0.6 is 27.5 Å². The molecule has 10 heteroatoms. The van der Waals surface area contributed by atoms with Crippen molar-refractivity contribution in [3.05, 3.63) is 51.0 Å². The highest BCUT2D eigenvalue weighted by Gasteiger charge is 2.14. The van der Waals surface area contributed by atoms with E-state index in [4.69, 9.17) is 16.3 Å². The van der Waals surface area contributed by atoms with Crippen LogP contribution < -0.4 is 5.32 Å². The lowest BCUT2D eigenvalue weighted by Gasteiger charge is -2.08. The van der Waals surface area contributed by atoms with Crippen molar-refractivity contribution in [3.63, 3.8) is 0 Å². The summed E-state index contributed by atoms with van der Waals surface area (Å²) in [6.45, 7) is 3.29. The molecule has 8 nitrogen and oxygen atoms in total. The third kappa shape index (κ3) is 4.81. The first-order valence-corrected chi connectivity index (χ1v) is 9.09. The molecule has 2 aromatic heterocycles. The summed E-state index contributed by atoms with van der Waals surface area (Å²) in [7, 11) is 0. The molecule has 0 unspecified atom stereocenters. The molecule has 0 bridgehead atoms. The lowest BCUT2D eigenvalue weighted by Crippen LogP contribution is -2.22. The van der Waals surface area contributed by atoms with Crippen molar-refractivity contribution < 1.29 is 14.3 Å². The van der Waals surface area contributed by atoms with Crippen LogP contribution in [0.4, 0.5) is 5.69 Å². The van der Waals surface area contributed by atoms with E-state index < -0.39 is 18.5 Å². The fourth-order valence-electron chi connectivity index (χ4n) is 2.39. The standard InChI is InChI=1S/C17H15BrClN5O3/c1-9-5-10(2)24-17(20-9)22-14(23-24)7-16(26)27-8-15(25)21-13-4-3-11(18)6-12(13)19/h3-6H,7-8H2,1-2H3,(H,21,25). The van der Waals surface area contributed by atoms with Crippen LogP contribution in [0.15, 0.2) is 28.7 Å². The van der Waals surface area contributed by atoms with Gasteiger partial charge in [-0.15, -0.1) is 5.10 Å². The molecule has 0 aliphatic rings. The van der Waals surface area contributed by atoms with Gasteiger partial charge in [0, 0.05) is 15.9 Å². The molecule has 0 saturated carbocycles. The van der Waals surface area contributed by atoms with E-state index in [0.29, 0.717) is 16.5 Å². The van der Waals surface area contributed by atoms with Gasteiger partial charge in [-0.1, -0.05) is 27.5 Å². The number of rotatable bonds is 5. The third-order valence-electron chi connectivity index (χ3n) is 3.53. The fraction of sp³-hybridized carbons (Fsp3) is 0.235. The maximum Gasteiger partial charge on any atom is 0.314 e. The number of fused-ring (bicyclic) bond motifs is 1. The Morgan fingerprint density at radius 3 is 2.78 bits per heavy atom. The molecule has 2 heterocycles. The minimum atomic E-state index is -0.614. The molecule has 0 saturated heterocycles. The summed E-state index contributed by atoms with van der Waals surface area (Å²) in [5.74, 6) is -0.420. The number of ether oxygens (including phenoxy) is 1. The van der Waals surface area contributed by atoms with E-state index in [9.17, 15) is 9.59 Å². The maximum atomic E-state index is 12.0. The first-order chi connectivity index (χ1) is 12.8. The summed E-state index contributed by atoms with van der Waals surface area (Å²) in [6, 6.07) is 6.89. The largest absolute Gasteiger partial charge is 0.455 e. The Kier molecular flexibility index (Phi) is 5.71. The second-order valence-electron chi connectivity index (χ2n) is 5.79. The highest BCUT2D eigenvalue weighted by atomic mass is 79.9. The molecule has 1 amide bonds. The third-order valence-corrected chi connectivity index (χ3v) is 4.34. The first-order valence-electron chi connectivity index (χ1n) is 7.92. The average molecular weight is 453 g/mol. The minimum absolute atomic E-state index is 0.159. The van der Waals surface area contributed by atoms with Gasteiger partial charge >= 0.3 is 5.97 Å². The fourth-order valence-corrected chi connectivity index (χ4v) is 3.11. The summed E-state index contributed by atoms with van der Waals surface area (Å²) in [6.07, 6.45) is -0.159. The van der Waals surface area contributed by atoms with Crippen LogP contribution in [0.3, 0.4) is 0 Å². The Labute approximate surface area is 168 Å². The maximum absolute atomic E-state index is 12.0. The number of nitrogens with one attached hydrogen (secondary N) is 1. The van der Waals surface area contributed by atoms with Crippen LogP contribution in [0.1, 0.15) is 17.2 Å². The normalized spacial score (nSPS) is 10.8. The summed E-state index contributed by atoms with van der Waals surface area (Å²) >= 11 is 9.31. The second kappa shape index (κ2) is 8.01. The number of carbonyl (C=O) groups is 2. The van der Waals surface area contributed by atoms with E-state index in [1.807, 2.05) is 19.9 Å². The van der Waals surface area contributed by atoms with Crippen molar-refractivity contribution in [2.24, 2.45) is 0 Å². The Morgan fingerprint density at radius 1 is 1.26 bits per heavy atom. The number of hydrogen-bond acceptors (Lipinski definition) is 6. The molecule has 1 N–H and O–H groups in total. The highest BCUT2D eigenvalue weighted by molar-refractivity contribution is 9.10. The van der Waals surface area contributed by atoms with Crippen LogP contribution in [-0.2, 0) is 20.7 Å². The van der Waals surface area contributed by atoms with Gasteiger partial charge in [0.1, 0.15) is 6.42 Å². The minimum Gasteiger partial charge on any atom is -0.455 e. The molecule has 0 spiro atoms. The molecule has 27 heavy (non-hydrogen) atoms. The number of amides is 1. The molecule has 1 aromatic carbocycles. The Bertz CT molecular complexity index is 1040. The lowest BCUT2D eigenvalue weighted by molar-refractivity contribution is -0.146. The number of esters is 1. The van der Waals surface area contributed by atoms with Gasteiger partial charge in [0.25, 0.3) is 11.7 Å². The number of hydrogen-bond donors (Lipinski definition) is 1. The van der Waals surface area contributed by atoms with E-state index in [0.717, 1.165) is 15.9 Å². The smallest absolute Gasteiger partial charge is 0.314 e. The summed E-state index contributed by atoms with van der Waals surface area (Å²) in [5, 5.41) is 7.18. The van der Waals surface area contributed by atoms with Gasteiger partial charge in [0.15, 0.2) is 12.4 Å². The van der Waals surface area contributed by atoms with Gasteiger partial charge in [-0.05, 0) is 38.1 Å². The van der Waals surface area contributed by atoms with Crippen molar-refractivity contribution in [3.8, 4) is 0 Å². The molecule has 0 fully saturated rings. The molecule has 0 radical (unpaired) electrons. The molecule has 3 rings (SSSR count). The summed E-state index contributed by atoms with van der Waals surface area (Å²) in [5.41, 5.74) is 2.10. The zero-order chi connectivity index (χ0) is 19.6. The van der Waals surface area contributed by atoms with Gasteiger partial charge in [0.2, 0.25) is 0 Å². The van der Waals surface area contributed by atoms with Gasteiger partial charge in [-0.3, -0.25) is 9.59 Å². The molecule has 140 valence electrons. The van der Waals surface area contributed by atoms with Crippen LogP contribution in [-0.4, -0.2) is 38.1 Å². The SMILES string of the molecule is Cc1cc(C)n2nc(CC(=O)OCC(=O)Nc3ccc(Br)cc3Cl)nc2n1. The van der Waals surface area contributed by atoms with Crippen molar-refractivity contribution in [1.82, 2.24) is 19.6 Å². The molecule has 0 aliphatic carbocycles. The highest BCUT2D eigenvalue weighted by Crippen LogP contribution is 2.25. The average Bonchev–Trinajstić information content (AvgIpc) is 2.98. The van der Waals surface area contributed by atoms with Crippen molar-refractivity contribution in [1.29, 1.82) is 0 Å². The lowest BCUT2D eigenvalue weighted by atomic mass is 10.3. The van der Waals surface area contributed by atoms with E-state index in [1.165, 1.54) is 0 Å². The van der Waals surface area contributed by atoms with E-state index in [-0.39, 0.29) is 12.2 Å². The Morgan fingerprint density at radius 2 is 2.04 bits per heavy atom. The number of benzene rings is 1. The second-order valence-corrected chi connectivity index (χ2v) is 7.11. The zero-order valence-electron chi connectivity index (χ0n) is 14.5. The Balaban J connectivity index is 1.56. The topological polar surface area (TPSA) is 98.5 Å². The van der Waals surface area contributed by atoms with Crippen molar-refractivity contribution in [2.45, 2.75) is 20.3 Å². The number of aromatic nitrogens is 4. The molecule has 3 aromatic rings. The van der Waals surface area contributed by atoms with E-state index >= 15 is 0 Å². The summed E-state index contributed by atoms with van der Waals surface area (Å²) in [4.78, 5) is 32.4. The predicted molar refractivity (Wildman–Crippen MR) is 103 cm³/mol. The number of anilines is 1.